The van der Waals surface area contributed by atoms with E-state index < -0.39 is 0 Å². The molecule has 0 saturated heterocycles. The summed E-state index contributed by atoms with van der Waals surface area (Å²) in [5.41, 5.74) is 0. The molecule has 0 radical (unpaired) electrons. The van der Waals surface area contributed by atoms with Crippen molar-refractivity contribution in [2.75, 3.05) is 6.61 Å². The third-order valence-corrected chi connectivity index (χ3v) is 1.74. The highest BCUT2D eigenvalue weighted by Crippen LogP contribution is 2.02. The van der Waals surface area contributed by atoms with E-state index >= 15 is 0 Å². The van der Waals surface area contributed by atoms with Crippen LogP contribution in [0.1, 0.15) is 52.4 Å². The highest BCUT2D eigenvalue weighted by molar-refractivity contribution is 4.72. The minimum absolute atomic E-state index is 0.853. The van der Waals surface area contributed by atoms with Gasteiger partial charge in [-0.05, 0) is 25.3 Å². The summed E-state index contributed by atoms with van der Waals surface area (Å²) >= 11 is 0. The Hall–Kier alpha value is -0.460. The second kappa shape index (κ2) is 10.5. The van der Waals surface area contributed by atoms with Crippen LogP contribution >= 0.6 is 0 Å². The van der Waals surface area contributed by atoms with Gasteiger partial charge in [-0.3, -0.25) is 0 Å². The maximum atomic E-state index is 5.21. The van der Waals surface area contributed by atoms with E-state index in [4.69, 9.17) is 4.74 Å². The molecule has 0 unspecified atom stereocenters. The Labute approximate surface area is 76.8 Å². The van der Waals surface area contributed by atoms with E-state index in [-0.39, 0.29) is 0 Å². The number of hydrogen-bond acceptors (Lipinski definition) is 1. The summed E-state index contributed by atoms with van der Waals surface area (Å²) in [5.74, 6) is 0. The van der Waals surface area contributed by atoms with E-state index in [1.807, 2.05) is 6.26 Å². The van der Waals surface area contributed by atoms with Crippen molar-refractivity contribution in [2.24, 2.45) is 0 Å². The molecule has 0 aliphatic rings. The minimum atomic E-state index is 0.853. The smallest absolute Gasteiger partial charge is 0.0870 e. The third kappa shape index (κ3) is 9.54. The van der Waals surface area contributed by atoms with E-state index in [1.54, 1.807) is 0 Å². The van der Waals surface area contributed by atoms with Gasteiger partial charge < -0.3 is 4.74 Å². The second-order valence-electron chi connectivity index (χ2n) is 3.09. The summed E-state index contributed by atoms with van der Waals surface area (Å²) in [6.07, 6.45) is 11.6. The molecule has 0 atom stereocenters. The van der Waals surface area contributed by atoms with Crippen LogP contribution < -0.4 is 0 Å². The first-order valence-electron chi connectivity index (χ1n) is 5.18. The predicted octanol–water partition coefficient (Wildman–Crippen LogP) is 3.90. The topological polar surface area (TPSA) is 9.23 Å². The van der Waals surface area contributed by atoms with Crippen LogP contribution in [-0.4, -0.2) is 6.61 Å². The summed E-state index contributed by atoms with van der Waals surface area (Å²) in [5, 5.41) is 0. The molecule has 0 amide bonds. The predicted molar refractivity (Wildman–Crippen MR) is 54.1 cm³/mol. The van der Waals surface area contributed by atoms with Gasteiger partial charge in [-0.1, -0.05) is 33.1 Å². The molecule has 0 aliphatic heterocycles. The normalized spacial score (nSPS) is 10.8. The van der Waals surface area contributed by atoms with Gasteiger partial charge in [0.15, 0.2) is 0 Å². The SMILES string of the molecule is CCCCCC/C=C/OCCC. The maximum absolute atomic E-state index is 5.21. The fourth-order valence-corrected chi connectivity index (χ4v) is 1.01. The second-order valence-corrected chi connectivity index (χ2v) is 3.09. The first kappa shape index (κ1) is 11.5. The van der Waals surface area contributed by atoms with Crippen LogP contribution in [0.5, 0.6) is 0 Å². The van der Waals surface area contributed by atoms with E-state index in [0.717, 1.165) is 13.0 Å². The Balaban J connectivity index is 2.92. The summed E-state index contributed by atoms with van der Waals surface area (Å²) in [4.78, 5) is 0. The molecule has 72 valence electrons. The van der Waals surface area contributed by atoms with Gasteiger partial charge in [-0.2, -0.15) is 0 Å². The van der Waals surface area contributed by atoms with E-state index in [9.17, 15) is 0 Å². The third-order valence-electron chi connectivity index (χ3n) is 1.74. The van der Waals surface area contributed by atoms with Crippen LogP contribution in [0.4, 0.5) is 0 Å². The molecule has 0 aromatic carbocycles. The first-order chi connectivity index (χ1) is 5.91. The number of allylic oxidation sites excluding steroid dienone is 1. The fourth-order valence-electron chi connectivity index (χ4n) is 1.01. The quantitative estimate of drug-likeness (QED) is 0.396. The van der Waals surface area contributed by atoms with Gasteiger partial charge in [-0.15, -0.1) is 0 Å². The lowest BCUT2D eigenvalue weighted by atomic mass is 10.1. The minimum Gasteiger partial charge on any atom is -0.502 e. The molecule has 1 heteroatoms. The van der Waals surface area contributed by atoms with Gasteiger partial charge in [0.05, 0.1) is 12.9 Å². The molecule has 0 spiro atoms. The molecule has 0 aromatic heterocycles. The lowest BCUT2D eigenvalue weighted by molar-refractivity contribution is 0.249. The number of rotatable bonds is 8. The molecule has 0 rings (SSSR count). The summed E-state index contributed by atoms with van der Waals surface area (Å²) < 4.78 is 5.21. The Bertz CT molecular complexity index is 97.2. The van der Waals surface area contributed by atoms with Crippen LogP contribution in [0, 0.1) is 0 Å². The van der Waals surface area contributed by atoms with Crippen LogP contribution in [-0.2, 0) is 4.74 Å². The molecule has 12 heavy (non-hydrogen) atoms. The van der Waals surface area contributed by atoms with Crippen molar-refractivity contribution < 1.29 is 4.74 Å². The number of ether oxygens (including phenoxy) is 1. The average Bonchev–Trinajstić information content (AvgIpc) is 2.10. The van der Waals surface area contributed by atoms with Crippen molar-refractivity contribution in [1.82, 2.24) is 0 Å². The molecule has 0 saturated carbocycles. The summed E-state index contributed by atoms with van der Waals surface area (Å²) in [6.45, 7) is 5.21. The number of hydrogen-bond donors (Lipinski definition) is 0. The fraction of sp³-hybridized carbons (Fsp3) is 0.818. The molecule has 0 bridgehead atoms. The van der Waals surface area contributed by atoms with E-state index in [2.05, 4.69) is 19.9 Å². The van der Waals surface area contributed by atoms with Gasteiger partial charge in [0.2, 0.25) is 0 Å². The van der Waals surface area contributed by atoms with Crippen LogP contribution in [0.3, 0.4) is 0 Å². The van der Waals surface area contributed by atoms with Crippen molar-refractivity contribution in [1.29, 1.82) is 0 Å². The Kier molecular flexibility index (Phi) is 10.1. The number of unbranched alkanes of at least 4 members (excludes halogenated alkanes) is 4. The lowest BCUT2D eigenvalue weighted by Crippen LogP contribution is -1.82. The lowest BCUT2D eigenvalue weighted by Gasteiger charge is -1.96. The maximum Gasteiger partial charge on any atom is 0.0870 e. The van der Waals surface area contributed by atoms with Gasteiger partial charge in [0.25, 0.3) is 0 Å². The van der Waals surface area contributed by atoms with Crippen LogP contribution in [0.25, 0.3) is 0 Å². The average molecular weight is 170 g/mol. The van der Waals surface area contributed by atoms with Crippen molar-refractivity contribution >= 4 is 0 Å². The zero-order valence-corrected chi connectivity index (χ0v) is 8.51. The van der Waals surface area contributed by atoms with Gasteiger partial charge in [0, 0.05) is 0 Å². The standard InChI is InChI=1S/C11H22O/c1-3-5-6-7-8-9-11-12-10-4-2/h9,11H,3-8,10H2,1-2H3/b11-9+. The molecule has 0 N–H and O–H groups in total. The highest BCUT2D eigenvalue weighted by Gasteiger charge is 1.83. The van der Waals surface area contributed by atoms with Crippen molar-refractivity contribution in [3.05, 3.63) is 12.3 Å². The van der Waals surface area contributed by atoms with E-state index in [1.165, 1.54) is 32.1 Å². The van der Waals surface area contributed by atoms with Gasteiger partial charge in [-0.25, -0.2) is 0 Å². The molecule has 0 aliphatic carbocycles. The largest absolute Gasteiger partial charge is 0.502 e. The molecule has 0 heterocycles. The Morgan fingerprint density at radius 1 is 1.00 bits per heavy atom. The Morgan fingerprint density at radius 3 is 2.50 bits per heavy atom. The van der Waals surface area contributed by atoms with Gasteiger partial charge >= 0.3 is 0 Å². The zero-order valence-electron chi connectivity index (χ0n) is 8.51. The summed E-state index contributed by atoms with van der Waals surface area (Å²) in [7, 11) is 0. The monoisotopic (exact) mass is 170 g/mol. The molecular formula is C11H22O. The molecule has 1 nitrogen and oxygen atoms in total. The Morgan fingerprint density at radius 2 is 1.83 bits per heavy atom. The zero-order chi connectivity index (χ0) is 9.07. The molecular weight excluding hydrogens is 148 g/mol. The molecule has 0 aromatic rings. The van der Waals surface area contributed by atoms with Crippen molar-refractivity contribution in [2.45, 2.75) is 52.4 Å². The van der Waals surface area contributed by atoms with Crippen LogP contribution in [0.15, 0.2) is 12.3 Å². The highest BCUT2D eigenvalue weighted by atomic mass is 16.5. The van der Waals surface area contributed by atoms with Crippen molar-refractivity contribution in [3.8, 4) is 0 Å². The van der Waals surface area contributed by atoms with E-state index in [0.29, 0.717) is 0 Å². The first-order valence-corrected chi connectivity index (χ1v) is 5.18. The van der Waals surface area contributed by atoms with Crippen molar-refractivity contribution in [3.63, 3.8) is 0 Å². The molecule has 0 fully saturated rings. The summed E-state index contributed by atoms with van der Waals surface area (Å²) in [6, 6.07) is 0. The van der Waals surface area contributed by atoms with Crippen LogP contribution in [0.2, 0.25) is 0 Å². The van der Waals surface area contributed by atoms with Gasteiger partial charge in [0.1, 0.15) is 0 Å².